The molecule has 1 aromatic rings. The van der Waals surface area contributed by atoms with Crippen LogP contribution in [0.1, 0.15) is 37.3 Å². The molecule has 0 unspecified atom stereocenters. The van der Waals surface area contributed by atoms with Crippen LogP contribution in [0.3, 0.4) is 0 Å². The second-order valence-electron chi connectivity index (χ2n) is 6.48. The Morgan fingerprint density at radius 2 is 1.86 bits per heavy atom. The summed E-state index contributed by atoms with van der Waals surface area (Å²) >= 11 is 0. The Morgan fingerprint density at radius 1 is 1.14 bits per heavy atom. The van der Waals surface area contributed by atoms with E-state index in [1.807, 2.05) is 0 Å². The van der Waals surface area contributed by atoms with E-state index in [9.17, 15) is 0 Å². The molecule has 0 radical (unpaired) electrons. The largest absolute Gasteiger partial charge is 0.496 e. The lowest BCUT2D eigenvalue weighted by Gasteiger charge is -2.32. The molecule has 1 heterocycles. The van der Waals surface area contributed by atoms with Crippen molar-refractivity contribution in [3.05, 3.63) is 29.3 Å². The number of benzene rings is 1. The molecule has 21 heavy (non-hydrogen) atoms. The minimum Gasteiger partial charge on any atom is -0.496 e. The molecule has 0 atom stereocenters. The van der Waals surface area contributed by atoms with Crippen molar-refractivity contribution in [2.45, 2.75) is 32.6 Å². The monoisotopic (exact) mass is 290 g/mol. The third-order valence-electron chi connectivity index (χ3n) is 4.45. The predicted octanol–water partition coefficient (Wildman–Crippen LogP) is 3.00. The number of ether oxygens (including phenoxy) is 1. The molecule has 1 aromatic carbocycles. The Hall–Kier alpha value is -1.06. The quantitative estimate of drug-likeness (QED) is 0.801. The first-order valence-corrected chi connectivity index (χ1v) is 8.18. The maximum absolute atomic E-state index is 5.46. The Bertz CT molecular complexity index is 437. The topological polar surface area (TPSA) is 15.7 Å². The number of hydrogen-bond donors (Lipinski definition) is 0. The van der Waals surface area contributed by atoms with Crippen molar-refractivity contribution in [3.63, 3.8) is 0 Å². The summed E-state index contributed by atoms with van der Waals surface area (Å²) in [5.41, 5.74) is 2.77. The normalized spacial score (nSPS) is 17.4. The highest BCUT2D eigenvalue weighted by molar-refractivity contribution is 5.39. The SMILES string of the molecule is COc1ccc(CCCN2CCN(C)CC2)cc1C(C)C. The minimum absolute atomic E-state index is 0.512. The van der Waals surface area contributed by atoms with Gasteiger partial charge in [-0.3, -0.25) is 0 Å². The van der Waals surface area contributed by atoms with E-state index in [0.717, 1.165) is 12.2 Å². The van der Waals surface area contributed by atoms with E-state index in [1.54, 1.807) is 7.11 Å². The molecule has 0 spiro atoms. The summed E-state index contributed by atoms with van der Waals surface area (Å²) in [6, 6.07) is 6.67. The van der Waals surface area contributed by atoms with Crippen LogP contribution in [0.4, 0.5) is 0 Å². The molecule has 118 valence electrons. The van der Waals surface area contributed by atoms with Crippen molar-refractivity contribution in [3.8, 4) is 5.75 Å². The zero-order valence-corrected chi connectivity index (χ0v) is 14.1. The summed E-state index contributed by atoms with van der Waals surface area (Å²) in [6.07, 6.45) is 2.41. The van der Waals surface area contributed by atoms with Crippen LogP contribution in [0.15, 0.2) is 18.2 Å². The van der Waals surface area contributed by atoms with Crippen molar-refractivity contribution in [2.75, 3.05) is 46.9 Å². The molecule has 0 amide bonds. The molecule has 1 saturated heterocycles. The van der Waals surface area contributed by atoms with Crippen molar-refractivity contribution < 1.29 is 4.74 Å². The van der Waals surface area contributed by atoms with Crippen LogP contribution in [0.2, 0.25) is 0 Å². The first-order valence-electron chi connectivity index (χ1n) is 8.18. The van der Waals surface area contributed by atoms with Gasteiger partial charge in [-0.05, 0) is 49.5 Å². The molecular weight excluding hydrogens is 260 g/mol. The van der Waals surface area contributed by atoms with Crippen molar-refractivity contribution in [1.29, 1.82) is 0 Å². The smallest absolute Gasteiger partial charge is 0.122 e. The van der Waals surface area contributed by atoms with Crippen molar-refractivity contribution in [1.82, 2.24) is 9.80 Å². The average molecular weight is 290 g/mol. The number of hydrogen-bond acceptors (Lipinski definition) is 3. The standard InChI is InChI=1S/C18H30N2O/c1-15(2)17-14-16(7-8-18(17)21-4)6-5-9-20-12-10-19(3)11-13-20/h7-8,14-15H,5-6,9-13H2,1-4H3. The Labute approximate surface area is 129 Å². The molecule has 0 bridgehead atoms. The van der Waals surface area contributed by atoms with Crippen LogP contribution in [0.25, 0.3) is 0 Å². The maximum Gasteiger partial charge on any atom is 0.122 e. The van der Waals surface area contributed by atoms with Gasteiger partial charge >= 0.3 is 0 Å². The van der Waals surface area contributed by atoms with E-state index in [1.165, 1.54) is 50.3 Å². The summed E-state index contributed by atoms with van der Waals surface area (Å²) in [5.74, 6) is 1.53. The van der Waals surface area contributed by atoms with Gasteiger partial charge in [-0.15, -0.1) is 0 Å². The van der Waals surface area contributed by atoms with E-state index in [-0.39, 0.29) is 0 Å². The first-order chi connectivity index (χ1) is 10.1. The van der Waals surface area contributed by atoms with Crippen LogP contribution < -0.4 is 4.74 Å². The van der Waals surface area contributed by atoms with E-state index in [2.05, 4.69) is 48.9 Å². The highest BCUT2D eigenvalue weighted by atomic mass is 16.5. The molecule has 0 aromatic heterocycles. The number of likely N-dealkylation sites (N-methyl/N-ethyl adjacent to an activating group) is 1. The van der Waals surface area contributed by atoms with Crippen molar-refractivity contribution >= 4 is 0 Å². The molecule has 3 heteroatoms. The minimum atomic E-state index is 0.512. The van der Waals surface area contributed by atoms with Crippen LogP contribution in [0, 0.1) is 0 Å². The van der Waals surface area contributed by atoms with E-state index in [4.69, 9.17) is 4.74 Å². The van der Waals surface area contributed by atoms with Gasteiger partial charge in [0.25, 0.3) is 0 Å². The molecule has 0 N–H and O–H groups in total. The lowest BCUT2D eigenvalue weighted by atomic mass is 9.97. The van der Waals surface area contributed by atoms with Gasteiger partial charge in [0.15, 0.2) is 0 Å². The number of nitrogens with zero attached hydrogens (tertiary/aromatic N) is 2. The fourth-order valence-corrected chi connectivity index (χ4v) is 2.97. The number of piperazine rings is 1. The molecule has 0 saturated carbocycles. The average Bonchev–Trinajstić information content (AvgIpc) is 2.49. The van der Waals surface area contributed by atoms with Gasteiger partial charge in [-0.2, -0.15) is 0 Å². The summed E-state index contributed by atoms with van der Waals surface area (Å²) < 4.78 is 5.46. The molecule has 0 aliphatic carbocycles. The zero-order chi connectivity index (χ0) is 15.2. The van der Waals surface area contributed by atoms with Crippen LogP contribution in [-0.2, 0) is 6.42 Å². The van der Waals surface area contributed by atoms with Gasteiger partial charge in [0.05, 0.1) is 7.11 Å². The summed E-state index contributed by atoms with van der Waals surface area (Å²) in [7, 11) is 3.97. The van der Waals surface area contributed by atoms with E-state index in [0.29, 0.717) is 5.92 Å². The molecule has 1 aliphatic rings. The number of methoxy groups -OCH3 is 1. The van der Waals surface area contributed by atoms with E-state index < -0.39 is 0 Å². The van der Waals surface area contributed by atoms with Gasteiger partial charge < -0.3 is 14.5 Å². The van der Waals surface area contributed by atoms with Crippen molar-refractivity contribution in [2.24, 2.45) is 0 Å². The van der Waals surface area contributed by atoms with Gasteiger partial charge in [0.1, 0.15) is 5.75 Å². The van der Waals surface area contributed by atoms with Gasteiger partial charge in [0.2, 0.25) is 0 Å². The van der Waals surface area contributed by atoms with Gasteiger partial charge in [-0.25, -0.2) is 0 Å². The van der Waals surface area contributed by atoms with Crippen LogP contribution in [0.5, 0.6) is 5.75 Å². The maximum atomic E-state index is 5.46. The number of aryl methyl sites for hydroxylation is 1. The van der Waals surface area contributed by atoms with Crippen LogP contribution >= 0.6 is 0 Å². The molecule has 1 aliphatic heterocycles. The summed E-state index contributed by atoms with van der Waals surface area (Å²) in [6.45, 7) is 10.5. The first kappa shape index (κ1) is 16.3. The molecule has 3 nitrogen and oxygen atoms in total. The second-order valence-corrected chi connectivity index (χ2v) is 6.48. The Balaban J connectivity index is 1.84. The van der Waals surface area contributed by atoms with Crippen LogP contribution in [-0.4, -0.2) is 56.7 Å². The molecule has 1 fully saturated rings. The Morgan fingerprint density at radius 3 is 2.48 bits per heavy atom. The molecule has 2 rings (SSSR count). The summed E-state index contributed by atoms with van der Waals surface area (Å²) in [5, 5.41) is 0. The van der Waals surface area contributed by atoms with E-state index >= 15 is 0 Å². The summed E-state index contributed by atoms with van der Waals surface area (Å²) in [4.78, 5) is 5.00. The lowest BCUT2D eigenvalue weighted by Crippen LogP contribution is -2.44. The number of rotatable bonds is 6. The zero-order valence-electron chi connectivity index (χ0n) is 14.1. The highest BCUT2D eigenvalue weighted by Crippen LogP contribution is 2.27. The fourth-order valence-electron chi connectivity index (χ4n) is 2.97. The molecular formula is C18H30N2O. The Kier molecular flexibility index (Phi) is 6.07. The fraction of sp³-hybridized carbons (Fsp3) is 0.667. The van der Waals surface area contributed by atoms with Gasteiger partial charge in [-0.1, -0.05) is 26.0 Å². The predicted molar refractivity (Wildman–Crippen MR) is 89.3 cm³/mol. The third-order valence-corrected chi connectivity index (χ3v) is 4.45. The second kappa shape index (κ2) is 7.81. The highest BCUT2D eigenvalue weighted by Gasteiger charge is 2.13. The lowest BCUT2D eigenvalue weighted by molar-refractivity contribution is 0.153. The third kappa shape index (κ3) is 4.72. The van der Waals surface area contributed by atoms with Gasteiger partial charge in [0, 0.05) is 26.2 Å².